The highest BCUT2D eigenvalue weighted by molar-refractivity contribution is 7.80. The maximum absolute atomic E-state index is 12.0. The zero-order chi connectivity index (χ0) is 13.0. The number of aldehydes is 1. The Kier molecular flexibility index (Phi) is 3.79. The van der Waals surface area contributed by atoms with Crippen LogP contribution in [0.15, 0.2) is 53.4 Å². The Labute approximate surface area is 110 Å². The van der Waals surface area contributed by atoms with E-state index in [0.717, 1.165) is 4.90 Å². The van der Waals surface area contributed by atoms with Gasteiger partial charge in [0.25, 0.3) is 5.91 Å². The van der Waals surface area contributed by atoms with Crippen molar-refractivity contribution in [3.8, 4) is 0 Å². The molecule has 0 aliphatic rings. The van der Waals surface area contributed by atoms with E-state index in [2.05, 4.69) is 17.9 Å². The number of anilines is 1. The number of amides is 1. The summed E-state index contributed by atoms with van der Waals surface area (Å²) in [6.45, 7) is 0. The third-order valence-corrected chi connectivity index (χ3v) is 2.71. The van der Waals surface area contributed by atoms with Crippen molar-refractivity contribution >= 4 is 30.5 Å². The summed E-state index contributed by atoms with van der Waals surface area (Å²) in [6, 6.07) is 13.8. The summed E-state index contributed by atoms with van der Waals surface area (Å²) in [5.41, 5.74) is 1.38. The van der Waals surface area contributed by atoms with E-state index in [0.29, 0.717) is 23.1 Å². The lowest BCUT2D eigenvalue weighted by atomic mass is 10.1. The number of hydrogen-bond acceptors (Lipinski definition) is 3. The number of hydrogen-bond donors (Lipinski definition) is 2. The largest absolute Gasteiger partial charge is 0.322 e. The summed E-state index contributed by atoms with van der Waals surface area (Å²) < 4.78 is 0. The summed E-state index contributed by atoms with van der Waals surface area (Å²) >= 11 is 4.20. The summed E-state index contributed by atoms with van der Waals surface area (Å²) in [7, 11) is 0. The minimum Gasteiger partial charge on any atom is -0.322 e. The molecular weight excluding hydrogens is 246 g/mol. The molecule has 0 heterocycles. The van der Waals surface area contributed by atoms with Crippen LogP contribution in [-0.2, 0) is 0 Å². The maximum atomic E-state index is 12.0. The second kappa shape index (κ2) is 5.51. The molecule has 90 valence electrons. The van der Waals surface area contributed by atoms with Crippen molar-refractivity contribution in [2.45, 2.75) is 4.90 Å². The Balaban J connectivity index is 2.25. The smallest absolute Gasteiger partial charge is 0.256 e. The minimum atomic E-state index is -0.309. The van der Waals surface area contributed by atoms with Gasteiger partial charge in [0.2, 0.25) is 0 Å². The molecule has 0 bridgehead atoms. The molecule has 2 rings (SSSR count). The Morgan fingerprint density at radius 2 is 1.89 bits per heavy atom. The number of benzene rings is 2. The molecule has 3 nitrogen and oxygen atoms in total. The maximum Gasteiger partial charge on any atom is 0.256 e. The number of rotatable bonds is 3. The van der Waals surface area contributed by atoms with Crippen LogP contribution >= 0.6 is 12.6 Å². The lowest BCUT2D eigenvalue weighted by Crippen LogP contribution is -2.13. The Morgan fingerprint density at radius 3 is 2.61 bits per heavy atom. The molecule has 0 saturated heterocycles. The fourth-order valence-electron chi connectivity index (χ4n) is 1.59. The molecule has 1 N–H and O–H groups in total. The summed E-state index contributed by atoms with van der Waals surface area (Å²) in [5.74, 6) is -0.309. The third-order valence-electron chi connectivity index (χ3n) is 2.44. The predicted octanol–water partition coefficient (Wildman–Crippen LogP) is 3.04. The molecule has 2 aromatic rings. The molecular formula is C14H11NO2S. The van der Waals surface area contributed by atoms with E-state index >= 15 is 0 Å². The van der Waals surface area contributed by atoms with Gasteiger partial charge in [-0.15, -0.1) is 12.6 Å². The van der Waals surface area contributed by atoms with Gasteiger partial charge in [0.15, 0.2) is 6.29 Å². The van der Waals surface area contributed by atoms with Gasteiger partial charge in [-0.25, -0.2) is 0 Å². The zero-order valence-electron chi connectivity index (χ0n) is 9.46. The van der Waals surface area contributed by atoms with Crippen molar-refractivity contribution in [2.24, 2.45) is 0 Å². The van der Waals surface area contributed by atoms with E-state index in [1.165, 1.54) is 0 Å². The highest BCUT2D eigenvalue weighted by atomic mass is 32.1. The Hall–Kier alpha value is -2.07. The first-order valence-corrected chi connectivity index (χ1v) is 5.80. The molecule has 0 aromatic heterocycles. The van der Waals surface area contributed by atoms with Gasteiger partial charge in [0.1, 0.15) is 0 Å². The fourth-order valence-corrected chi connectivity index (χ4v) is 1.81. The van der Waals surface area contributed by atoms with Crippen molar-refractivity contribution in [3.63, 3.8) is 0 Å². The van der Waals surface area contributed by atoms with E-state index in [9.17, 15) is 9.59 Å². The zero-order valence-corrected chi connectivity index (χ0v) is 10.4. The number of carbonyl (C=O) groups excluding carboxylic acids is 2. The first kappa shape index (κ1) is 12.4. The van der Waals surface area contributed by atoms with Gasteiger partial charge >= 0.3 is 0 Å². The normalized spacial score (nSPS) is 9.83. The van der Waals surface area contributed by atoms with E-state index in [1.54, 1.807) is 42.5 Å². The van der Waals surface area contributed by atoms with Crippen LogP contribution in [-0.4, -0.2) is 12.2 Å². The number of carbonyl (C=O) groups is 2. The molecule has 0 aliphatic heterocycles. The van der Waals surface area contributed by atoms with E-state index < -0.39 is 0 Å². The lowest BCUT2D eigenvalue weighted by Gasteiger charge is -2.07. The molecule has 0 unspecified atom stereocenters. The SMILES string of the molecule is O=Cc1ccccc1C(=O)Nc1cccc(S)c1. The molecule has 1 amide bonds. The average Bonchev–Trinajstić information content (AvgIpc) is 2.38. The quantitative estimate of drug-likeness (QED) is 0.655. The lowest BCUT2D eigenvalue weighted by molar-refractivity contribution is 0.101. The molecule has 0 spiro atoms. The monoisotopic (exact) mass is 257 g/mol. The van der Waals surface area contributed by atoms with Crippen LogP contribution in [0.5, 0.6) is 0 Å². The van der Waals surface area contributed by atoms with Gasteiger partial charge in [0.05, 0.1) is 5.56 Å². The summed E-state index contributed by atoms with van der Waals surface area (Å²) in [6.07, 6.45) is 0.671. The van der Waals surface area contributed by atoms with Gasteiger partial charge < -0.3 is 5.32 Å². The van der Waals surface area contributed by atoms with Crippen LogP contribution in [0.2, 0.25) is 0 Å². The first-order chi connectivity index (χ1) is 8.70. The second-order valence-electron chi connectivity index (χ2n) is 3.71. The van der Waals surface area contributed by atoms with Crippen molar-refractivity contribution in [1.29, 1.82) is 0 Å². The van der Waals surface area contributed by atoms with Crippen LogP contribution < -0.4 is 5.32 Å². The topological polar surface area (TPSA) is 46.2 Å². The molecule has 18 heavy (non-hydrogen) atoms. The summed E-state index contributed by atoms with van der Waals surface area (Å²) in [5, 5.41) is 2.73. The Morgan fingerprint density at radius 1 is 1.11 bits per heavy atom. The second-order valence-corrected chi connectivity index (χ2v) is 4.23. The number of nitrogens with one attached hydrogen (secondary N) is 1. The summed E-state index contributed by atoms with van der Waals surface area (Å²) in [4.78, 5) is 23.6. The Bertz CT molecular complexity index is 596. The van der Waals surface area contributed by atoms with Crippen LogP contribution in [0.3, 0.4) is 0 Å². The van der Waals surface area contributed by atoms with Crippen molar-refractivity contribution in [2.75, 3.05) is 5.32 Å². The highest BCUT2D eigenvalue weighted by Crippen LogP contribution is 2.15. The minimum absolute atomic E-state index is 0.309. The van der Waals surface area contributed by atoms with Gasteiger partial charge in [-0.05, 0) is 24.3 Å². The van der Waals surface area contributed by atoms with Gasteiger partial charge in [0, 0.05) is 16.1 Å². The van der Waals surface area contributed by atoms with Crippen molar-refractivity contribution < 1.29 is 9.59 Å². The molecule has 0 radical (unpaired) electrons. The molecule has 4 heteroatoms. The predicted molar refractivity (Wildman–Crippen MR) is 73.5 cm³/mol. The van der Waals surface area contributed by atoms with Gasteiger partial charge in [-0.2, -0.15) is 0 Å². The average molecular weight is 257 g/mol. The van der Waals surface area contributed by atoms with Crippen molar-refractivity contribution in [1.82, 2.24) is 0 Å². The van der Waals surface area contributed by atoms with E-state index in [1.807, 2.05) is 6.07 Å². The van der Waals surface area contributed by atoms with E-state index in [4.69, 9.17) is 0 Å². The molecule has 2 aromatic carbocycles. The third kappa shape index (κ3) is 2.78. The van der Waals surface area contributed by atoms with Gasteiger partial charge in [-0.3, -0.25) is 9.59 Å². The van der Waals surface area contributed by atoms with Crippen molar-refractivity contribution in [3.05, 3.63) is 59.7 Å². The molecule has 0 atom stereocenters. The van der Waals surface area contributed by atoms with Gasteiger partial charge in [-0.1, -0.05) is 24.3 Å². The number of thiol groups is 1. The standard InChI is InChI=1S/C14H11NO2S/c16-9-10-4-1-2-7-13(10)14(17)15-11-5-3-6-12(18)8-11/h1-9,18H,(H,15,17). The van der Waals surface area contributed by atoms with Crippen LogP contribution in [0, 0.1) is 0 Å². The van der Waals surface area contributed by atoms with E-state index in [-0.39, 0.29) is 5.91 Å². The fraction of sp³-hybridized carbons (Fsp3) is 0. The highest BCUT2D eigenvalue weighted by Gasteiger charge is 2.10. The molecule has 0 aliphatic carbocycles. The van der Waals surface area contributed by atoms with Crippen LogP contribution in [0.25, 0.3) is 0 Å². The first-order valence-electron chi connectivity index (χ1n) is 5.35. The van der Waals surface area contributed by atoms with Crippen LogP contribution in [0.1, 0.15) is 20.7 Å². The molecule has 0 saturated carbocycles. The van der Waals surface area contributed by atoms with Crippen LogP contribution in [0.4, 0.5) is 5.69 Å². The molecule has 0 fully saturated rings.